The van der Waals surface area contributed by atoms with E-state index in [1.54, 1.807) is 6.92 Å². The number of methoxy groups -OCH3 is 1. The van der Waals surface area contributed by atoms with Crippen molar-refractivity contribution in [3.8, 4) is 0 Å². The van der Waals surface area contributed by atoms with E-state index < -0.39 is 22.1 Å². The second-order valence-corrected chi connectivity index (χ2v) is 5.28. The number of ether oxygens (including phenoxy) is 2. The van der Waals surface area contributed by atoms with E-state index in [0.717, 1.165) is 6.07 Å². The summed E-state index contributed by atoms with van der Waals surface area (Å²) in [7, 11) is -2.44. The predicted octanol–water partition coefficient (Wildman–Crippen LogP) is 0.427. The molecule has 0 bridgehead atoms. The van der Waals surface area contributed by atoms with E-state index in [0.29, 0.717) is 0 Å². The summed E-state index contributed by atoms with van der Waals surface area (Å²) in [4.78, 5) is 11.4. The number of primary sulfonamides is 1. The van der Waals surface area contributed by atoms with Gasteiger partial charge in [-0.25, -0.2) is 18.4 Å². The van der Waals surface area contributed by atoms with Gasteiger partial charge in [0.15, 0.2) is 0 Å². The smallest absolute Gasteiger partial charge is 0.374 e. The van der Waals surface area contributed by atoms with Crippen LogP contribution in [0.15, 0.2) is 15.4 Å². The third kappa shape index (κ3) is 3.56. The minimum absolute atomic E-state index is 0.0452. The number of furan rings is 1. The number of sulfonamides is 1. The Labute approximate surface area is 105 Å². The Morgan fingerprint density at radius 1 is 1.56 bits per heavy atom. The van der Waals surface area contributed by atoms with Crippen LogP contribution in [-0.2, 0) is 19.5 Å². The van der Waals surface area contributed by atoms with E-state index >= 15 is 0 Å². The first-order valence-corrected chi connectivity index (χ1v) is 6.63. The monoisotopic (exact) mass is 277 g/mol. The normalized spacial score (nSPS) is 13.3. The van der Waals surface area contributed by atoms with Crippen molar-refractivity contribution in [1.29, 1.82) is 0 Å². The van der Waals surface area contributed by atoms with Gasteiger partial charge in [0.2, 0.25) is 15.8 Å². The lowest BCUT2D eigenvalue weighted by Gasteiger charge is -2.10. The number of hydrogen-bond acceptors (Lipinski definition) is 6. The van der Waals surface area contributed by atoms with Crippen LogP contribution in [0.4, 0.5) is 0 Å². The summed E-state index contributed by atoms with van der Waals surface area (Å²) in [5.41, 5.74) is 0. The fourth-order valence-corrected chi connectivity index (χ4v) is 2.07. The van der Waals surface area contributed by atoms with Crippen LogP contribution in [0, 0.1) is 6.92 Å². The van der Waals surface area contributed by atoms with E-state index in [4.69, 9.17) is 19.0 Å². The Bertz CT molecular complexity index is 533. The summed E-state index contributed by atoms with van der Waals surface area (Å²) in [6.45, 7) is 3.26. The van der Waals surface area contributed by atoms with Gasteiger partial charge < -0.3 is 13.9 Å². The highest BCUT2D eigenvalue weighted by molar-refractivity contribution is 7.89. The third-order valence-electron chi connectivity index (χ3n) is 2.09. The molecule has 0 radical (unpaired) electrons. The fourth-order valence-electron chi connectivity index (χ4n) is 1.36. The van der Waals surface area contributed by atoms with E-state index in [2.05, 4.69) is 0 Å². The van der Waals surface area contributed by atoms with Crippen LogP contribution < -0.4 is 5.14 Å². The summed E-state index contributed by atoms with van der Waals surface area (Å²) in [6.07, 6.45) is -0.467. The number of esters is 1. The quantitative estimate of drug-likeness (QED) is 0.781. The van der Waals surface area contributed by atoms with Crippen molar-refractivity contribution in [2.45, 2.75) is 24.8 Å². The number of carbonyl (C=O) groups excluding carboxylic acids is 1. The molecule has 0 aliphatic carbocycles. The van der Waals surface area contributed by atoms with Crippen molar-refractivity contribution in [1.82, 2.24) is 0 Å². The molecule has 1 aromatic rings. The third-order valence-corrected chi connectivity index (χ3v) is 3.11. The molecule has 1 heterocycles. The zero-order valence-electron chi connectivity index (χ0n) is 10.3. The van der Waals surface area contributed by atoms with Crippen molar-refractivity contribution >= 4 is 16.0 Å². The highest BCUT2D eigenvalue weighted by Crippen LogP contribution is 2.19. The van der Waals surface area contributed by atoms with Crippen molar-refractivity contribution in [3.63, 3.8) is 0 Å². The molecule has 102 valence electrons. The zero-order chi connectivity index (χ0) is 13.9. The summed E-state index contributed by atoms with van der Waals surface area (Å²) < 4.78 is 37.1. The van der Waals surface area contributed by atoms with Gasteiger partial charge >= 0.3 is 5.97 Å². The number of carbonyl (C=O) groups is 1. The highest BCUT2D eigenvalue weighted by Gasteiger charge is 2.23. The van der Waals surface area contributed by atoms with Crippen LogP contribution in [0.25, 0.3) is 0 Å². The van der Waals surface area contributed by atoms with Crippen molar-refractivity contribution < 1.29 is 27.1 Å². The van der Waals surface area contributed by atoms with Crippen LogP contribution in [0.1, 0.15) is 23.2 Å². The summed E-state index contributed by atoms with van der Waals surface area (Å²) in [5.74, 6) is -0.930. The second-order valence-electron chi connectivity index (χ2n) is 3.75. The van der Waals surface area contributed by atoms with Gasteiger partial charge in [0.05, 0.1) is 6.61 Å². The van der Waals surface area contributed by atoms with Gasteiger partial charge in [0.25, 0.3) is 0 Å². The van der Waals surface area contributed by atoms with Crippen LogP contribution in [0.3, 0.4) is 0 Å². The number of rotatable bonds is 5. The average molecular weight is 277 g/mol. The molecule has 0 amide bonds. The maximum Gasteiger partial charge on any atom is 0.374 e. The fraction of sp³-hybridized carbons (Fsp3) is 0.500. The maximum absolute atomic E-state index is 11.6. The summed E-state index contributed by atoms with van der Waals surface area (Å²) in [5, 5.41) is 4.96. The largest absolute Gasteiger partial charge is 0.454 e. The minimum Gasteiger partial charge on any atom is -0.454 e. The van der Waals surface area contributed by atoms with Gasteiger partial charge in [-0.2, -0.15) is 0 Å². The predicted molar refractivity (Wildman–Crippen MR) is 61.6 cm³/mol. The molecule has 8 heteroatoms. The lowest BCUT2D eigenvalue weighted by Crippen LogP contribution is -2.19. The van der Waals surface area contributed by atoms with E-state index in [9.17, 15) is 13.2 Å². The van der Waals surface area contributed by atoms with Gasteiger partial charge in [-0.05, 0) is 13.8 Å². The Hall–Kier alpha value is -1.38. The van der Waals surface area contributed by atoms with E-state index in [-0.39, 0.29) is 23.0 Å². The molecule has 1 rings (SSSR count). The SMILES string of the molecule is COCC(C)OC(=O)c1cc(S(N)(=O)=O)c(C)o1. The second kappa shape index (κ2) is 5.51. The average Bonchev–Trinajstić information content (AvgIpc) is 2.60. The lowest BCUT2D eigenvalue weighted by atomic mass is 10.4. The summed E-state index contributed by atoms with van der Waals surface area (Å²) >= 11 is 0. The number of aryl methyl sites for hydroxylation is 1. The molecule has 0 fully saturated rings. The Morgan fingerprint density at radius 2 is 2.17 bits per heavy atom. The molecule has 0 saturated carbocycles. The molecule has 0 aromatic carbocycles. The lowest BCUT2D eigenvalue weighted by molar-refractivity contribution is 0.00894. The Kier molecular flexibility index (Phi) is 4.49. The van der Waals surface area contributed by atoms with Gasteiger partial charge in [-0.15, -0.1) is 0 Å². The molecule has 7 nitrogen and oxygen atoms in total. The highest BCUT2D eigenvalue weighted by atomic mass is 32.2. The van der Waals surface area contributed by atoms with Crippen LogP contribution in [-0.4, -0.2) is 34.2 Å². The molecule has 1 atom stereocenters. The van der Waals surface area contributed by atoms with Crippen LogP contribution in [0.5, 0.6) is 0 Å². The molecule has 0 saturated heterocycles. The van der Waals surface area contributed by atoms with Crippen molar-refractivity contribution in [3.05, 3.63) is 17.6 Å². The Morgan fingerprint density at radius 3 is 2.61 bits per heavy atom. The van der Waals surface area contributed by atoms with Crippen LogP contribution in [0.2, 0.25) is 0 Å². The first-order chi connectivity index (χ1) is 8.25. The van der Waals surface area contributed by atoms with Crippen molar-refractivity contribution in [2.75, 3.05) is 13.7 Å². The van der Waals surface area contributed by atoms with Crippen molar-refractivity contribution in [2.24, 2.45) is 5.14 Å². The van der Waals surface area contributed by atoms with Gasteiger partial charge in [0, 0.05) is 13.2 Å². The molecule has 1 aromatic heterocycles. The first kappa shape index (κ1) is 14.7. The van der Waals surface area contributed by atoms with E-state index in [1.807, 2.05) is 0 Å². The van der Waals surface area contributed by atoms with Crippen LogP contribution >= 0.6 is 0 Å². The molecule has 0 spiro atoms. The molecule has 0 aliphatic heterocycles. The molecular weight excluding hydrogens is 262 g/mol. The number of hydrogen-bond donors (Lipinski definition) is 1. The summed E-state index contributed by atoms with van der Waals surface area (Å²) in [6, 6.07) is 1.05. The Balaban J connectivity index is 2.89. The first-order valence-electron chi connectivity index (χ1n) is 5.09. The molecule has 1 unspecified atom stereocenters. The molecule has 0 aliphatic rings. The number of nitrogens with two attached hydrogens (primary N) is 1. The zero-order valence-corrected chi connectivity index (χ0v) is 11.1. The minimum atomic E-state index is -3.91. The van der Waals surface area contributed by atoms with Gasteiger partial charge in [-0.1, -0.05) is 0 Å². The standard InChI is InChI=1S/C10H15NO6S/c1-6(5-15-3)16-10(12)8-4-9(7(2)17-8)18(11,13)14/h4,6H,5H2,1-3H3,(H2,11,13,14). The topological polar surface area (TPSA) is 109 Å². The molecule has 2 N–H and O–H groups in total. The molecule has 18 heavy (non-hydrogen) atoms. The van der Waals surface area contributed by atoms with E-state index in [1.165, 1.54) is 14.0 Å². The van der Waals surface area contributed by atoms with Gasteiger partial charge in [-0.3, -0.25) is 0 Å². The maximum atomic E-state index is 11.6. The van der Waals surface area contributed by atoms with Gasteiger partial charge in [0.1, 0.15) is 16.8 Å². The molecular formula is C10H15NO6S.